The molecule has 1 aromatic heterocycles. The molecule has 1 fully saturated rings. The molecule has 1 heterocycles. The van der Waals surface area contributed by atoms with Crippen molar-refractivity contribution in [3.63, 3.8) is 0 Å². The van der Waals surface area contributed by atoms with Gasteiger partial charge in [0.05, 0.1) is 16.4 Å². The summed E-state index contributed by atoms with van der Waals surface area (Å²) in [6.07, 6.45) is 4.82. The van der Waals surface area contributed by atoms with Crippen molar-refractivity contribution in [3.05, 3.63) is 16.4 Å². The zero-order valence-corrected chi connectivity index (χ0v) is 12.6. The normalized spacial score (nSPS) is 18.9. The summed E-state index contributed by atoms with van der Waals surface area (Å²) in [5.41, 5.74) is 2.54. The van der Waals surface area contributed by atoms with E-state index in [1.807, 2.05) is 18.7 Å². The zero-order chi connectivity index (χ0) is 13.3. The van der Waals surface area contributed by atoms with Crippen molar-refractivity contribution >= 4 is 11.6 Å². The molecule has 1 unspecified atom stereocenters. The van der Waals surface area contributed by atoms with Gasteiger partial charge in [0.15, 0.2) is 0 Å². The second-order valence-corrected chi connectivity index (χ2v) is 6.06. The van der Waals surface area contributed by atoms with Crippen LogP contribution in [-0.4, -0.2) is 22.4 Å². The molecule has 0 amide bonds. The van der Waals surface area contributed by atoms with E-state index in [4.69, 9.17) is 11.6 Å². The molecule has 0 radical (unpaired) electrons. The van der Waals surface area contributed by atoms with Crippen LogP contribution < -0.4 is 5.32 Å². The van der Waals surface area contributed by atoms with E-state index in [-0.39, 0.29) is 0 Å². The average molecular weight is 270 g/mol. The Kier molecular flexibility index (Phi) is 4.02. The van der Waals surface area contributed by atoms with Crippen molar-refractivity contribution in [1.82, 2.24) is 15.1 Å². The van der Waals surface area contributed by atoms with Crippen LogP contribution in [0.2, 0.25) is 5.02 Å². The Hall–Kier alpha value is -0.540. The highest BCUT2D eigenvalue weighted by molar-refractivity contribution is 6.31. The average Bonchev–Trinajstić information content (AvgIpc) is 3.08. The number of nitrogens with one attached hydrogen (secondary N) is 1. The van der Waals surface area contributed by atoms with Crippen LogP contribution in [0.15, 0.2) is 0 Å². The third-order valence-corrected chi connectivity index (χ3v) is 4.78. The maximum Gasteiger partial charge on any atom is 0.0847 e. The molecule has 4 heteroatoms. The molecule has 18 heavy (non-hydrogen) atoms. The van der Waals surface area contributed by atoms with E-state index < -0.39 is 0 Å². The third kappa shape index (κ3) is 2.57. The summed E-state index contributed by atoms with van der Waals surface area (Å²) in [5.74, 6) is 0. The zero-order valence-electron chi connectivity index (χ0n) is 11.9. The molecule has 0 bridgehead atoms. The lowest BCUT2D eigenvalue weighted by Crippen LogP contribution is -2.37. The fourth-order valence-corrected chi connectivity index (χ4v) is 2.93. The first kappa shape index (κ1) is 13.9. The van der Waals surface area contributed by atoms with Gasteiger partial charge in [-0.1, -0.05) is 18.5 Å². The molecule has 102 valence electrons. The topological polar surface area (TPSA) is 29.9 Å². The Morgan fingerprint density at radius 1 is 1.50 bits per heavy atom. The second kappa shape index (κ2) is 5.22. The van der Waals surface area contributed by atoms with Gasteiger partial charge in [-0.2, -0.15) is 5.10 Å². The molecule has 1 aromatic rings. The van der Waals surface area contributed by atoms with Crippen molar-refractivity contribution in [2.45, 2.75) is 52.5 Å². The van der Waals surface area contributed by atoms with Crippen molar-refractivity contribution in [3.8, 4) is 0 Å². The van der Waals surface area contributed by atoms with Crippen LogP contribution in [0.4, 0.5) is 0 Å². The fourth-order valence-electron chi connectivity index (χ4n) is 2.71. The summed E-state index contributed by atoms with van der Waals surface area (Å²) < 4.78 is 1.95. The minimum absolute atomic E-state index is 0.402. The van der Waals surface area contributed by atoms with Gasteiger partial charge in [-0.3, -0.25) is 4.68 Å². The molecular formula is C14H24ClN3. The molecule has 1 saturated carbocycles. The third-order valence-electron chi connectivity index (χ3n) is 4.29. The first-order valence-electron chi connectivity index (χ1n) is 6.91. The van der Waals surface area contributed by atoms with Crippen molar-refractivity contribution in [2.75, 3.05) is 6.54 Å². The van der Waals surface area contributed by atoms with Gasteiger partial charge in [0.25, 0.3) is 0 Å². The van der Waals surface area contributed by atoms with Crippen LogP contribution in [0.25, 0.3) is 0 Å². The van der Waals surface area contributed by atoms with Gasteiger partial charge in [0.2, 0.25) is 0 Å². The summed E-state index contributed by atoms with van der Waals surface area (Å²) in [4.78, 5) is 0. The SMILES string of the molecule is CCCNC(C)C1(Cc2c(Cl)c(C)nn2C)CC1. The number of rotatable bonds is 6. The minimum atomic E-state index is 0.402. The van der Waals surface area contributed by atoms with Crippen molar-refractivity contribution in [2.24, 2.45) is 12.5 Å². The monoisotopic (exact) mass is 269 g/mol. The Labute approximate surface area is 115 Å². The number of nitrogens with zero attached hydrogens (tertiary/aromatic N) is 2. The van der Waals surface area contributed by atoms with Gasteiger partial charge < -0.3 is 5.32 Å². The summed E-state index contributed by atoms with van der Waals surface area (Å²) >= 11 is 6.35. The van der Waals surface area contributed by atoms with Gasteiger partial charge in [0.1, 0.15) is 0 Å². The highest BCUT2D eigenvalue weighted by Crippen LogP contribution is 2.52. The van der Waals surface area contributed by atoms with Crippen LogP contribution in [0.5, 0.6) is 0 Å². The van der Waals surface area contributed by atoms with E-state index in [0.717, 1.165) is 23.7 Å². The first-order chi connectivity index (χ1) is 8.50. The van der Waals surface area contributed by atoms with Crippen LogP contribution in [-0.2, 0) is 13.5 Å². The predicted octanol–water partition coefficient (Wildman–Crippen LogP) is 3.09. The van der Waals surface area contributed by atoms with Gasteiger partial charge in [-0.05, 0) is 51.5 Å². The standard InChI is InChI=1S/C14H24ClN3/c1-5-8-16-11(3)14(6-7-14)9-12-13(15)10(2)17-18(12)4/h11,16H,5-9H2,1-4H3. The Morgan fingerprint density at radius 3 is 2.61 bits per heavy atom. The molecule has 0 aliphatic heterocycles. The van der Waals surface area contributed by atoms with Gasteiger partial charge in [-0.25, -0.2) is 0 Å². The largest absolute Gasteiger partial charge is 0.314 e. The predicted molar refractivity (Wildman–Crippen MR) is 76.1 cm³/mol. The molecule has 0 spiro atoms. The molecule has 1 aliphatic carbocycles. The van der Waals surface area contributed by atoms with Crippen molar-refractivity contribution < 1.29 is 0 Å². The molecule has 1 N–H and O–H groups in total. The quantitative estimate of drug-likeness (QED) is 0.860. The number of hydrogen-bond donors (Lipinski definition) is 1. The summed E-state index contributed by atoms with van der Waals surface area (Å²) in [5, 5.41) is 8.89. The maximum absolute atomic E-state index is 6.35. The van der Waals surface area contributed by atoms with Crippen LogP contribution in [0, 0.1) is 12.3 Å². The number of aryl methyl sites for hydroxylation is 2. The highest BCUT2D eigenvalue weighted by atomic mass is 35.5. The number of halogens is 1. The lowest BCUT2D eigenvalue weighted by Gasteiger charge is -2.24. The van der Waals surface area contributed by atoms with Crippen LogP contribution in [0.3, 0.4) is 0 Å². The lowest BCUT2D eigenvalue weighted by atomic mass is 9.92. The Bertz CT molecular complexity index is 421. The fraction of sp³-hybridized carbons (Fsp3) is 0.786. The van der Waals surface area contributed by atoms with Gasteiger partial charge in [-0.15, -0.1) is 0 Å². The van der Waals surface area contributed by atoms with Gasteiger partial charge >= 0.3 is 0 Å². The molecule has 3 nitrogen and oxygen atoms in total. The van der Waals surface area contributed by atoms with Crippen LogP contribution in [0.1, 0.15) is 44.5 Å². The maximum atomic E-state index is 6.35. The Morgan fingerprint density at radius 2 is 2.17 bits per heavy atom. The lowest BCUT2D eigenvalue weighted by molar-refractivity contribution is 0.343. The van der Waals surface area contributed by atoms with E-state index >= 15 is 0 Å². The molecular weight excluding hydrogens is 246 g/mol. The number of hydrogen-bond acceptors (Lipinski definition) is 2. The summed E-state index contributed by atoms with van der Waals surface area (Å²) in [7, 11) is 1.99. The van der Waals surface area contributed by atoms with Crippen LogP contribution >= 0.6 is 11.6 Å². The summed E-state index contributed by atoms with van der Waals surface area (Å²) in [6, 6.07) is 0.559. The highest BCUT2D eigenvalue weighted by Gasteiger charge is 2.47. The summed E-state index contributed by atoms with van der Waals surface area (Å²) in [6.45, 7) is 7.59. The van der Waals surface area contributed by atoms with E-state index in [2.05, 4.69) is 24.3 Å². The molecule has 0 saturated heterocycles. The smallest absolute Gasteiger partial charge is 0.0847 e. The Balaban J connectivity index is 2.08. The molecule has 2 rings (SSSR count). The van der Waals surface area contributed by atoms with Crippen molar-refractivity contribution in [1.29, 1.82) is 0 Å². The van der Waals surface area contributed by atoms with E-state index in [1.54, 1.807) is 0 Å². The first-order valence-corrected chi connectivity index (χ1v) is 7.29. The molecule has 1 atom stereocenters. The van der Waals surface area contributed by atoms with E-state index in [0.29, 0.717) is 11.5 Å². The molecule has 1 aliphatic rings. The minimum Gasteiger partial charge on any atom is -0.314 e. The number of aromatic nitrogens is 2. The van der Waals surface area contributed by atoms with E-state index in [9.17, 15) is 0 Å². The molecule has 0 aromatic carbocycles. The second-order valence-electron chi connectivity index (χ2n) is 5.68. The van der Waals surface area contributed by atoms with Gasteiger partial charge in [0, 0.05) is 13.1 Å². The van der Waals surface area contributed by atoms with E-state index in [1.165, 1.54) is 25.0 Å².